The summed E-state index contributed by atoms with van der Waals surface area (Å²) in [7, 11) is 4.51. The first kappa shape index (κ1) is 23.1. The van der Waals surface area contributed by atoms with Crippen LogP contribution in [0.1, 0.15) is 20.8 Å². The van der Waals surface area contributed by atoms with Gasteiger partial charge >= 0.3 is 6.03 Å². The Hall–Kier alpha value is -3.62. The molecule has 0 fully saturated rings. The predicted molar refractivity (Wildman–Crippen MR) is 122 cm³/mol. The van der Waals surface area contributed by atoms with Crippen molar-refractivity contribution in [1.82, 2.24) is 0 Å². The Bertz CT molecular complexity index is 996. The zero-order chi connectivity index (χ0) is 23.5. The molecule has 2 aromatic rings. The summed E-state index contributed by atoms with van der Waals surface area (Å²) in [6.45, 7) is 6.39. The molecule has 0 saturated carbocycles. The highest BCUT2D eigenvalue weighted by atomic mass is 16.5. The summed E-state index contributed by atoms with van der Waals surface area (Å²) < 4.78 is 21.8. The number of urea groups is 1. The van der Waals surface area contributed by atoms with Crippen molar-refractivity contribution in [3.8, 4) is 23.0 Å². The molecule has 1 aliphatic heterocycles. The second-order valence-corrected chi connectivity index (χ2v) is 7.90. The molecule has 1 heterocycles. The minimum Gasteiger partial charge on any atom is -0.493 e. The lowest BCUT2D eigenvalue weighted by atomic mass is 9.93. The summed E-state index contributed by atoms with van der Waals surface area (Å²) >= 11 is 0. The molecule has 9 heteroatoms. The molecule has 172 valence electrons. The van der Waals surface area contributed by atoms with Crippen molar-refractivity contribution in [2.45, 2.75) is 20.8 Å². The van der Waals surface area contributed by atoms with Gasteiger partial charge in [-0.2, -0.15) is 0 Å². The molecule has 2 N–H and O–H groups in total. The van der Waals surface area contributed by atoms with E-state index < -0.39 is 11.4 Å². The van der Waals surface area contributed by atoms with Gasteiger partial charge in [-0.05, 0) is 32.9 Å². The lowest BCUT2D eigenvalue weighted by molar-refractivity contribution is -0.127. The predicted octanol–water partition coefficient (Wildman–Crippen LogP) is 4.13. The lowest BCUT2D eigenvalue weighted by Gasteiger charge is -2.26. The zero-order valence-electron chi connectivity index (χ0n) is 19.2. The first-order valence-electron chi connectivity index (χ1n) is 10.2. The van der Waals surface area contributed by atoms with Crippen molar-refractivity contribution in [2.24, 2.45) is 5.41 Å². The Morgan fingerprint density at radius 3 is 2.22 bits per heavy atom. The topological polar surface area (TPSA) is 98.4 Å². The third-order valence-corrected chi connectivity index (χ3v) is 5.16. The number of carbonyl (C=O) groups is 2. The molecule has 0 radical (unpaired) electrons. The van der Waals surface area contributed by atoms with Gasteiger partial charge in [0.15, 0.2) is 11.5 Å². The SMILES string of the molecule is CCN1C(=O)C(C)(C)COc2cc(NC(=O)Nc3cc(OC)c(OC)c(OC)c3)ccc21. The maximum absolute atomic E-state index is 12.8. The highest BCUT2D eigenvalue weighted by molar-refractivity contribution is 6.02. The molecule has 0 unspecified atom stereocenters. The van der Waals surface area contributed by atoms with Crippen LogP contribution in [0.5, 0.6) is 23.0 Å². The van der Waals surface area contributed by atoms with Crippen molar-refractivity contribution in [1.29, 1.82) is 0 Å². The Morgan fingerprint density at radius 2 is 1.66 bits per heavy atom. The van der Waals surface area contributed by atoms with Gasteiger partial charge in [0.05, 0.1) is 38.1 Å². The number of hydrogen-bond acceptors (Lipinski definition) is 6. The molecule has 0 spiro atoms. The van der Waals surface area contributed by atoms with Crippen LogP contribution in [0.2, 0.25) is 0 Å². The van der Waals surface area contributed by atoms with Crippen LogP contribution in [-0.4, -0.2) is 46.4 Å². The maximum atomic E-state index is 12.8. The van der Waals surface area contributed by atoms with Gasteiger partial charge in [-0.25, -0.2) is 4.79 Å². The van der Waals surface area contributed by atoms with Gasteiger partial charge in [-0.1, -0.05) is 0 Å². The first-order valence-corrected chi connectivity index (χ1v) is 10.2. The fourth-order valence-electron chi connectivity index (χ4n) is 3.49. The highest BCUT2D eigenvalue weighted by Crippen LogP contribution is 2.40. The number of ether oxygens (including phenoxy) is 4. The number of carbonyl (C=O) groups excluding carboxylic acids is 2. The van der Waals surface area contributed by atoms with Crippen molar-refractivity contribution >= 4 is 29.0 Å². The molecule has 0 atom stereocenters. The Balaban J connectivity index is 1.80. The average molecular weight is 444 g/mol. The van der Waals surface area contributed by atoms with Gasteiger partial charge in [0.2, 0.25) is 11.7 Å². The molecule has 0 saturated heterocycles. The van der Waals surface area contributed by atoms with E-state index in [9.17, 15) is 9.59 Å². The van der Waals surface area contributed by atoms with E-state index in [1.807, 2.05) is 20.8 Å². The van der Waals surface area contributed by atoms with Crippen LogP contribution in [0.15, 0.2) is 30.3 Å². The highest BCUT2D eigenvalue weighted by Gasteiger charge is 2.37. The molecule has 0 aliphatic carbocycles. The van der Waals surface area contributed by atoms with Gasteiger partial charge < -0.3 is 34.5 Å². The molecular formula is C23H29N3O6. The van der Waals surface area contributed by atoms with Crippen molar-refractivity contribution in [3.63, 3.8) is 0 Å². The van der Waals surface area contributed by atoms with Crippen molar-refractivity contribution in [3.05, 3.63) is 30.3 Å². The van der Waals surface area contributed by atoms with Gasteiger partial charge in [0, 0.05) is 30.4 Å². The van der Waals surface area contributed by atoms with Gasteiger partial charge in [-0.3, -0.25) is 4.79 Å². The molecule has 32 heavy (non-hydrogen) atoms. The van der Waals surface area contributed by atoms with E-state index in [0.717, 1.165) is 0 Å². The van der Waals surface area contributed by atoms with Crippen molar-refractivity contribution < 1.29 is 28.5 Å². The molecule has 1 aliphatic rings. The van der Waals surface area contributed by atoms with E-state index in [1.165, 1.54) is 21.3 Å². The second-order valence-electron chi connectivity index (χ2n) is 7.90. The monoisotopic (exact) mass is 443 g/mol. The number of rotatable bonds is 6. The van der Waals surface area contributed by atoms with E-state index in [1.54, 1.807) is 35.2 Å². The number of amides is 3. The number of nitrogens with one attached hydrogen (secondary N) is 2. The second kappa shape index (κ2) is 9.25. The Labute approximate surface area is 187 Å². The summed E-state index contributed by atoms with van der Waals surface area (Å²) in [6.07, 6.45) is 0. The zero-order valence-corrected chi connectivity index (χ0v) is 19.2. The van der Waals surface area contributed by atoms with E-state index in [0.29, 0.717) is 46.6 Å². The molecule has 3 rings (SSSR count). The van der Waals surface area contributed by atoms with Crippen LogP contribution in [0.4, 0.5) is 21.9 Å². The third-order valence-electron chi connectivity index (χ3n) is 5.16. The minimum atomic E-state index is -0.646. The number of methoxy groups -OCH3 is 3. The number of benzene rings is 2. The maximum Gasteiger partial charge on any atom is 0.323 e. The minimum absolute atomic E-state index is 0.000368. The number of anilines is 3. The summed E-state index contributed by atoms with van der Waals surface area (Å²) in [5.41, 5.74) is 1.02. The fourth-order valence-corrected chi connectivity index (χ4v) is 3.49. The molecule has 0 bridgehead atoms. The lowest BCUT2D eigenvalue weighted by Crippen LogP contribution is -2.42. The normalized spacial score (nSPS) is 14.6. The first-order chi connectivity index (χ1) is 15.2. The summed E-state index contributed by atoms with van der Waals surface area (Å²) in [5, 5.41) is 5.54. The molecule has 0 aromatic heterocycles. The van der Waals surface area contributed by atoms with E-state index in [-0.39, 0.29) is 12.5 Å². The van der Waals surface area contributed by atoms with Gasteiger partial charge in [0.1, 0.15) is 12.4 Å². The average Bonchev–Trinajstić information content (AvgIpc) is 2.86. The van der Waals surface area contributed by atoms with Crippen LogP contribution in [0, 0.1) is 5.41 Å². The van der Waals surface area contributed by atoms with Crippen molar-refractivity contribution in [2.75, 3.05) is 50.0 Å². The molecular weight excluding hydrogens is 414 g/mol. The summed E-state index contributed by atoms with van der Waals surface area (Å²) in [4.78, 5) is 27.1. The Kier molecular flexibility index (Phi) is 6.67. The Morgan fingerprint density at radius 1 is 1.03 bits per heavy atom. The van der Waals surface area contributed by atoms with Crippen LogP contribution in [-0.2, 0) is 4.79 Å². The fraction of sp³-hybridized carbons (Fsp3) is 0.391. The van der Waals surface area contributed by atoms with E-state index >= 15 is 0 Å². The standard InChI is InChI=1S/C23H29N3O6/c1-7-26-16-9-8-14(10-17(16)32-13-23(2,3)21(26)27)24-22(28)25-15-11-18(29-4)20(31-6)19(12-15)30-5/h8-12H,7,13H2,1-6H3,(H2,24,25,28). The largest absolute Gasteiger partial charge is 0.493 e. The third kappa shape index (κ3) is 4.51. The molecule has 3 amide bonds. The van der Waals surface area contributed by atoms with Gasteiger partial charge in [0.25, 0.3) is 0 Å². The van der Waals surface area contributed by atoms with Crippen LogP contribution in [0.3, 0.4) is 0 Å². The quantitative estimate of drug-likeness (QED) is 0.697. The number of nitrogens with zero attached hydrogens (tertiary/aromatic N) is 1. The smallest absolute Gasteiger partial charge is 0.323 e. The summed E-state index contributed by atoms with van der Waals surface area (Å²) in [6, 6.07) is 8.01. The summed E-state index contributed by atoms with van der Waals surface area (Å²) in [5.74, 6) is 1.82. The molecule has 9 nitrogen and oxygen atoms in total. The van der Waals surface area contributed by atoms with E-state index in [4.69, 9.17) is 18.9 Å². The van der Waals surface area contributed by atoms with E-state index in [2.05, 4.69) is 10.6 Å². The van der Waals surface area contributed by atoms with Crippen LogP contribution >= 0.6 is 0 Å². The van der Waals surface area contributed by atoms with Crippen LogP contribution in [0.25, 0.3) is 0 Å². The van der Waals surface area contributed by atoms with Crippen LogP contribution < -0.4 is 34.5 Å². The van der Waals surface area contributed by atoms with Gasteiger partial charge in [-0.15, -0.1) is 0 Å². The number of fused-ring (bicyclic) bond motifs is 1. The molecule has 2 aromatic carbocycles. The number of hydrogen-bond donors (Lipinski definition) is 2.